The Morgan fingerprint density at radius 2 is 1.93 bits per heavy atom. The van der Waals surface area contributed by atoms with E-state index in [2.05, 4.69) is 5.32 Å². The average Bonchev–Trinajstić information content (AvgIpc) is 3.15. The van der Waals surface area contributed by atoms with E-state index in [4.69, 9.17) is 17.0 Å². The minimum absolute atomic E-state index is 0.0202. The summed E-state index contributed by atoms with van der Waals surface area (Å²) < 4.78 is 5.58. The lowest BCUT2D eigenvalue weighted by molar-refractivity contribution is -0.384. The lowest BCUT2D eigenvalue weighted by Crippen LogP contribution is -2.25. The number of nitro groups is 1. The van der Waals surface area contributed by atoms with Gasteiger partial charge in [-0.25, -0.2) is 0 Å². The Morgan fingerprint density at radius 3 is 2.56 bits per heavy atom. The molecular weight excluding hydrogens is 390 g/mol. The Kier molecular flexibility index (Phi) is 7.55. The highest BCUT2D eigenvalue weighted by Crippen LogP contribution is 2.27. The first-order valence-corrected chi connectivity index (χ1v) is 9.80. The fourth-order valence-electron chi connectivity index (χ4n) is 2.54. The van der Waals surface area contributed by atoms with Crippen LogP contribution in [0.1, 0.15) is 24.0 Å². The van der Waals surface area contributed by atoms with E-state index in [1.165, 1.54) is 23.9 Å². The van der Waals surface area contributed by atoms with E-state index in [0.29, 0.717) is 4.32 Å². The van der Waals surface area contributed by atoms with Crippen LogP contribution in [-0.4, -0.2) is 51.5 Å². The Labute approximate surface area is 166 Å². The monoisotopic (exact) mass is 411 g/mol. The number of aryl methyl sites for hydroxylation is 2. The second-order valence-electron chi connectivity index (χ2n) is 6.17. The van der Waals surface area contributed by atoms with Gasteiger partial charge in [0.05, 0.1) is 10.7 Å². The van der Waals surface area contributed by atoms with Crippen molar-refractivity contribution in [1.82, 2.24) is 4.90 Å². The third-order valence-corrected chi connectivity index (χ3v) is 5.62. The van der Waals surface area contributed by atoms with Crippen LogP contribution in [0.25, 0.3) is 0 Å². The normalized spacial score (nSPS) is 13.3. The summed E-state index contributed by atoms with van der Waals surface area (Å²) >= 11 is 6.46. The number of hydrogen-bond acceptors (Lipinski definition) is 7. The van der Waals surface area contributed by atoms with Crippen molar-refractivity contribution in [1.29, 1.82) is 0 Å². The number of nitrogens with one attached hydrogen (secondary N) is 1. The minimum atomic E-state index is -0.637. The summed E-state index contributed by atoms with van der Waals surface area (Å²) in [5.74, 6) is -1.18. The number of ether oxygens (including phenoxy) is 1. The van der Waals surface area contributed by atoms with Crippen molar-refractivity contribution < 1.29 is 19.2 Å². The summed E-state index contributed by atoms with van der Waals surface area (Å²) in [5.41, 5.74) is 1.43. The molecule has 0 aromatic heterocycles. The third kappa shape index (κ3) is 6.17. The molecule has 0 atom stereocenters. The molecule has 146 valence electrons. The Balaban J connectivity index is 1.82. The number of hydrogen-bond donors (Lipinski definition) is 1. The molecule has 2 rings (SSSR count). The van der Waals surface area contributed by atoms with Crippen molar-refractivity contribution in [3.63, 3.8) is 0 Å². The molecule has 1 aromatic rings. The zero-order valence-electron chi connectivity index (χ0n) is 15.1. The van der Waals surface area contributed by atoms with Crippen LogP contribution in [-0.2, 0) is 14.3 Å². The van der Waals surface area contributed by atoms with Crippen molar-refractivity contribution in [3.8, 4) is 0 Å². The maximum absolute atomic E-state index is 12.0. The number of anilines is 1. The smallest absolute Gasteiger partial charge is 0.316 e. The molecule has 0 spiro atoms. The number of rotatable bonds is 6. The second kappa shape index (κ2) is 9.65. The first kappa shape index (κ1) is 21.1. The zero-order valence-corrected chi connectivity index (χ0v) is 16.8. The molecule has 1 aromatic carbocycles. The van der Waals surface area contributed by atoms with Gasteiger partial charge in [-0.15, -0.1) is 0 Å². The number of thiocarbonyl (C=S) groups is 1. The Bertz CT molecular complexity index is 763. The van der Waals surface area contributed by atoms with Gasteiger partial charge in [0.1, 0.15) is 10.0 Å². The van der Waals surface area contributed by atoms with Crippen molar-refractivity contribution in [3.05, 3.63) is 33.4 Å². The van der Waals surface area contributed by atoms with E-state index in [9.17, 15) is 19.7 Å². The number of carbonyl (C=O) groups is 2. The highest BCUT2D eigenvalue weighted by Gasteiger charge is 2.19. The standard InChI is InChI=1S/C17H21N3O5S2/c1-11-7-13(14(20(23)24)8-12(11)2)18-15(21)9-25-16(22)10-27-17(26)19-5-3-4-6-19/h7-8H,3-6,9-10H2,1-2H3,(H,18,21). The highest BCUT2D eigenvalue weighted by molar-refractivity contribution is 8.23. The van der Waals surface area contributed by atoms with E-state index in [-0.39, 0.29) is 17.1 Å². The van der Waals surface area contributed by atoms with Gasteiger partial charge in [-0.05, 0) is 43.9 Å². The molecule has 10 heteroatoms. The molecule has 1 fully saturated rings. The van der Waals surface area contributed by atoms with Crippen molar-refractivity contribution in [2.24, 2.45) is 0 Å². The SMILES string of the molecule is Cc1cc(NC(=O)COC(=O)CSC(=S)N2CCCC2)c([N+](=O)[O-])cc1C. The van der Waals surface area contributed by atoms with Gasteiger partial charge in [0.15, 0.2) is 6.61 Å². The van der Waals surface area contributed by atoms with Crippen LogP contribution in [0.5, 0.6) is 0 Å². The van der Waals surface area contributed by atoms with Gasteiger partial charge < -0.3 is 15.0 Å². The molecule has 0 bridgehead atoms. The van der Waals surface area contributed by atoms with Crippen LogP contribution in [0.3, 0.4) is 0 Å². The van der Waals surface area contributed by atoms with Gasteiger partial charge in [0.2, 0.25) is 0 Å². The molecule has 1 saturated heterocycles. The highest BCUT2D eigenvalue weighted by atomic mass is 32.2. The molecule has 8 nitrogen and oxygen atoms in total. The molecule has 1 heterocycles. The lowest BCUT2D eigenvalue weighted by Gasteiger charge is -2.17. The van der Waals surface area contributed by atoms with Crippen LogP contribution in [0.15, 0.2) is 12.1 Å². The number of nitrogens with zero attached hydrogens (tertiary/aromatic N) is 2. The summed E-state index contributed by atoms with van der Waals surface area (Å²) in [6, 6.07) is 2.92. The maximum atomic E-state index is 12.0. The number of nitro benzene ring substituents is 1. The summed E-state index contributed by atoms with van der Waals surface area (Å²) in [7, 11) is 0. The van der Waals surface area contributed by atoms with Gasteiger partial charge >= 0.3 is 5.97 Å². The molecule has 1 aliphatic rings. The van der Waals surface area contributed by atoms with E-state index in [1.54, 1.807) is 13.8 Å². The first-order valence-electron chi connectivity index (χ1n) is 8.40. The fourth-order valence-corrected chi connectivity index (χ4v) is 3.59. The predicted molar refractivity (Wildman–Crippen MR) is 108 cm³/mol. The Morgan fingerprint density at radius 1 is 1.30 bits per heavy atom. The predicted octanol–water partition coefficient (Wildman–Crippen LogP) is 2.81. The van der Waals surface area contributed by atoms with Crippen molar-refractivity contribution in [2.75, 3.05) is 30.8 Å². The van der Waals surface area contributed by atoms with Gasteiger partial charge in [-0.3, -0.25) is 19.7 Å². The van der Waals surface area contributed by atoms with Crippen LogP contribution < -0.4 is 5.32 Å². The maximum Gasteiger partial charge on any atom is 0.316 e. The number of esters is 1. The van der Waals surface area contributed by atoms with Crippen molar-refractivity contribution in [2.45, 2.75) is 26.7 Å². The zero-order chi connectivity index (χ0) is 20.0. The van der Waals surface area contributed by atoms with E-state index < -0.39 is 23.4 Å². The molecule has 1 amide bonds. The molecule has 0 aliphatic carbocycles. The molecular formula is C17H21N3O5S2. The molecule has 0 unspecified atom stereocenters. The summed E-state index contributed by atoms with van der Waals surface area (Å²) in [6.45, 7) is 4.82. The van der Waals surface area contributed by atoms with E-state index in [0.717, 1.165) is 37.1 Å². The van der Waals surface area contributed by atoms with Crippen LogP contribution in [0, 0.1) is 24.0 Å². The quantitative estimate of drug-likeness (QED) is 0.330. The summed E-state index contributed by atoms with van der Waals surface area (Å²) in [5, 5.41) is 13.6. The second-order valence-corrected chi connectivity index (χ2v) is 7.78. The number of amides is 1. The van der Waals surface area contributed by atoms with Gasteiger partial charge in [-0.1, -0.05) is 24.0 Å². The van der Waals surface area contributed by atoms with Crippen LogP contribution in [0.4, 0.5) is 11.4 Å². The van der Waals surface area contributed by atoms with Gasteiger partial charge in [0, 0.05) is 19.2 Å². The number of carbonyl (C=O) groups excluding carboxylic acids is 2. The van der Waals surface area contributed by atoms with E-state index >= 15 is 0 Å². The Hall–Kier alpha value is -2.20. The van der Waals surface area contributed by atoms with Crippen LogP contribution in [0.2, 0.25) is 0 Å². The number of likely N-dealkylation sites (tertiary alicyclic amines) is 1. The van der Waals surface area contributed by atoms with Gasteiger partial charge in [-0.2, -0.15) is 0 Å². The molecule has 0 radical (unpaired) electrons. The fraction of sp³-hybridized carbons (Fsp3) is 0.471. The largest absolute Gasteiger partial charge is 0.455 e. The number of benzene rings is 1. The molecule has 27 heavy (non-hydrogen) atoms. The van der Waals surface area contributed by atoms with Crippen molar-refractivity contribution >= 4 is 51.6 Å². The first-order chi connectivity index (χ1) is 12.8. The molecule has 0 saturated carbocycles. The van der Waals surface area contributed by atoms with Gasteiger partial charge in [0.25, 0.3) is 11.6 Å². The third-order valence-electron chi connectivity index (χ3n) is 4.12. The summed E-state index contributed by atoms with van der Waals surface area (Å²) in [4.78, 5) is 36.4. The molecule has 1 aliphatic heterocycles. The minimum Gasteiger partial charge on any atom is -0.455 e. The van der Waals surface area contributed by atoms with Crippen LogP contribution >= 0.6 is 24.0 Å². The van der Waals surface area contributed by atoms with E-state index in [1.807, 2.05) is 4.90 Å². The topological polar surface area (TPSA) is 102 Å². The number of thioether (sulfide) groups is 1. The lowest BCUT2D eigenvalue weighted by atomic mass is 10.1. The molecule has 1 N–H and O–H groups in total. The summed E-state index contributed by atoms with van der Waals surface area (Å²) in [6.07, 6.45) is 2.19. The average molecular weight is 412 g/mol.